The molecule has 0 aliphatic carbocycles. The van der Waals surface area contributed by atoms with Crippen molar-refractivity contribution in [2.45, 2.75) is 6.92 Å². The van der Waals surface area contributed by atoms with E-state index in [1.165, 1.54) is 0 Å². The van der Waals surface area contributed by atoms with Gasteiger partial charge >= 0.3 is 0 Å². The van der Waals surface area contributed by atoms with Crippen LogP contribution in [0.15, 0.2) is 47.4 Å². The minimum absolute atomic E-state index is 0.201. The molecule has 0 radical (unpaired) electrons. The number of carbonyl (C=O) groups excluding carboxylic acids is 2. The Bertz CT molecular complexity index is 923. The molecule has 0 saturated carbocycles. The maximum atomic E-state index is 12.6. The van der Waals surface area contributed by atoms with Crippen molar-refractivity contribution in [1.82, 2.24) is 4.90 Å². The zero-order valence-corrected chi connectivity index (χ0v) is 16.1. The fraction of sp³-hybridized carbons (Fsp3) is 0.0556. The molecule has 0 aromatic heterocycles. The third kappa shape index (κ3) is 3.80. The second kappa shape index (κ2) is 7.30. The first-order valence-electron chi connectivity index (χ1n) is 7.21. The molecule has 1 fully saturated rings. The molecule has 3 rings (SSSR count). The first kappa shape index (κ1) is 18.1. The summed E-state index contributed by atoms with van der Waals surface area (Å²) in [6, 6.07) is 12.0. The Kier molecular flexibility index (Phi) is 5.29. The first-order valence-corrected chi connectivity index (χ1v) is 9.19. The van der Waals surface area contributed by atoms with Gasteiger partial charge in [0.2, 0.25) is 0 Å². The van der Waals surface area contributed by atoms with Crippen LogP contribution in [-0.2, 0) is 4.79 Å². The molecule has 0 unspecified atom stereocenters. The number of hydrogen-bond acceptors (Lipinski definition) is 4. The number of rotatable bonds is 2. The van der Waals surface area contributed by atoms with E-state index < -0.39 is 11.8 Å². The van der Waals surface area contributed by atoms with Crippen molar-refractivity contribution in [2.75, 3.05) is 0 Å². The van der Waals surface area contributed by atoms with E-state index in [1.54, 1.807) is 36.4 Å². The number of imide groups is 1. The number of aryl methyl sites for hydroxylation is 1. The number of hydrogen-bond donors (Lipinski definition) is 0. The zero-order chi connectivity index (χ0) is 18.1. The number of halogens is 2. The van der Waals surface area contributed by atoms with Crippen molar-refractivity contribution < 1.29 is 9.59 Å². The Morgan fingerprint density at radius 3 is 2.48 bits per heavy atom. The van der Waals surface area contributed by atoms with Crippen LogP contribution in [0, 0.1) is 6.92 Å². The van der Waals surface area contributed by atoms with Gasteiger partial charge in [-0.3, -0.25) is 9.59 Å². The van der Waals surface area contributed by atoms with Gasteiger partial charge < -0.3 is 0 Å². The number of nitrogens with zero attached hydrogens (tertiary/aromatic N) is 1. The normalized spacial score (nSPS) is 16.0. The fourth-order valence-electron chi connectivity index (χ4n) is 2.23. The standard InChI is InChI=1S/C18H11Cl2NO2S2/c1-10-2-4-11(5-3-10)16(22)21-17(23)15(25-18(21)24)8-12-6-7-13(19)9-14(12)20/h2-9H,1H3/b15-8+. The molecule has 1 saturated heterocycles. The van der Waals surface area contributed by atoms with E-state index in [-0.39, 0.29) is 4.32 Å². The van der Waals surface area contributed by atoms with Crippen LogP contribution in [0.5, 0.6) is 0 Å². The van der Waals surface area contributed by atoms with Crippen LogP contribution < -0.4 is 0 Å². The molecule has 0 N–H and O–H groups in total. The van der Waals surface area contributed by atoms with Crippen LogP contribution >= 0.6 is 47.2 Å². The molecule has 1 aliphatic heterocycles. The predicted molar refractivity (Wildman–Crippen MR) is 107 cm³/mol. The van der Waals surface area contributed by atoms with E-state index in [1.807, 2.05) is 19.1 Å². The van der Waals surface area contributed by atoms with E-state index in [2.05, 4.69) is 0 Å². The summed E-state index contributed by atoms with van der Waals surface area (Å²) in [5.74, 6) is -0.889. The molecule has 1 aliphatic rings. The third-order valence-electron chi connectivity index (χ3n) is 3.54. The maximum Gasteiger partial charge on any atom is 0.273 e. The van der Waals surface area contributed by atoms with Crippen molar-refractivity contribution >= 4 is 69.4 Å². The van der Waals surface area contributed by atoms with Crippen LogP contribution in [0.2, 0.25) is 10.0 Å². The average Bonchev–Trinajstić information content (AvgIpc) is 2.84. The van der Waals surface area contributed by atoms with Crippen LogP contribution in [0.1, 0.15) is 21.5 Å². The third-order valence-corrected chi connectivity index (χ3v) is 5.41. The molecule has 126 valence electrons. The Hall–Kier alpha value is -1.66. The smallest absolute Gasteiger partial charge is 0.268 e. The van der Waals surface area contributed by atoms with Gasteiger partial charge in [-0.1, -0.05) is 70.9 Å². The highest BCUT2D eigenvalue weighted by atomic mass is 35.5. The quantitative estimate of drug-likeness (QED) is 0.382. The highest BCUT2D eigenvalue weighted by molar-refractivity contribution is 8.26. The van der Waals surface area contributed by atoms with Crippen LogP contribution in [0.25, 0.3) is 6.08 Å². The lowest BCUT2D eigenvalue weighted by Crippen LogP contribution is -2.34. The van der Waals surface area contributed by atoms with E-state index in [0.717, 1.165) is 22.2 Å². The lowest BCUT2D eigenvalue weighted by atomic mass is 10.1. The summed E-state index contributed by atoms with van der Waals surface area (Å²) in [6.45, 7) is 1.92. The Morgan fingerprint density at radius 2 is 1.84 bits per heavy atom. The van der Waals surface area contributed by atoms with Crippen molar-refractivity contribution in [3.8, 4) is 0 Å². The van der Waals surface area contributed by atoms with Crippen LogP contribution in [-0.4, -0.2) is 21.0 Å². The summed E-state index contributed by atoms with van der Waals surface area (Å²) in [5, 5.41) is 0.923. The van der Waals surface area contributed by atoms with Crippen LogP contribution in [0.4, 0.5) is 0 Å². The molecule has 2 amide bonds. The van der Waals surface area contributed by atoms with Gasteiger partial charge in [-0.05, 0) is 42.8 Å². The SMILES string of the molecule is Cc1ccc(C(=O)N2C(=O)/C(=C\c3ccc(Cl)cc3Cl)SC2=S)cc1. The monoisotopic (exact) mass is 407 g/mol. The molecule has 2 aromatic carbocycles. The molecule has 3 nitrogen and oxygen atoms in total. The lowest BCUT2D eigenvalue weighted by molar-refractivity contribution is -0.120. The van der Waals surface area contributed by atoms with Gasteiger partial charge in [-0.15, -0.1) is 0 Å². The molecule has 7 heteroatoms. The molecule has 1 heterocycles. The molecule has 25 heavy (non-hydrogen) atoms. The Morgan fingerprint density at radius 1 is 1.16 bits per heavy atom. The van der Waals surface area contributed by atoms with E-state index in [9.17, 15) is 9.59 Å². The Balaban J connectivity index is 1.90. The van der Waals surface area contributed by atoms with Crippen LogP contribution in [0.3, 0.4) is 0 Å². The van der Waals surface area contributed by atoms with E-state index in [4.69, 9.17) is 35.4 Å². The molecule has 0 bridgehead atoms. The van der Waals surface area contributed by atoms with Gasteiger partial charge in [-0.2, -0.15) is 0 Å². The summed E-state index contributed by atoms with van der Waals surface area (Å²) in [7, 11) is 0. The number of thioether (sulfide) groups is 1. The minimum atomic E-state index is -0.452. The molecule has 2 aromatic rings. The van der Waals surface area contributed by atoms with Gasteiger partial charge in [0, 0.05) is 15.6 Å². The first-order chi connectivity index (χ1) is 11.9. The van der Waals surface area contributed by atoms with Gasteiger partial charge in [-0.25, -0.2) is 4.90 Å². The van der Waals surface area contributed by atoms with Gasteiger partial charge in [0.1, 0.15) is 0 Å². The topological polar surface area (TPSA) is 37.4 Å². The van der Waals surface area contributed by atoms with Crippen molar-refractivity contribution in [2.24, 2.45) is 0 Å². The fourth-order valence-corrected chi connectivity index (χ4v) is 3.94. The summed E-state index contributed by atoms with van der Waals surface area (Å²) in [4.78, 5) is 26.6. The van der Waals surface area contributed by atoms with E-state index >= 15 is 0 Å². The van der Waals surface area contributed by atoms with Gasteiger partial charge in [0.15, 0.2) is 4.32 Å². The summed E-state index contributed by atoms with van der Waals surface area (Å²) < 4.78 is 0.201. The maximum absolute atomic E-state index is 12.6. The van der Waals surface area contributed by atoms with Crippen molar-refractivity contribution in [3.63, 3.8) is 0 Å². The minimum Gasteiger partial charge on any atom is -0.268 e. The number of carbonyl (C=O) groups is 2. The number of amides is 2. The molecular weight excluding hydrogens is 397 g/mol. The summed E-state index contributed by atoms with van der Waals surface area (Å²) >= 11 is 18.3. The average molecular weight is 408 g/mol. The number of thiocarbonyl (C=S) groups is 1. The molecule has 0 spiro atoms. The highest BCUT2D eigenvalue weighted by Gasteiger charge is 2.37. The second-order valence-electron chi connectivity index (χ2n) is 5.35. The highest BCUT2D eigenvalue weighted by Crippen LogP contribution is 2.35. The Labute approximate surface area is 164 Å². The molecule has 0 atom stereocenters. The van der Waals surface area contributed by atoms with E-state index in [0.29, 0.717) is 26.1 Å². The van der Waals surface area contributed by atoms with Crippen molar-refractivity contribution in [1.29, 1.82) is 0 Å². The largest absolute Gasteiger partial charge is 0.273 e. The summed E-state index contributed by atoms with van der Waals surface area (Å²) in [5.41, 5.74) is 2.07. The van der Waals surface area contributed by atoms with Gasteiger partial charge in [0.05, 0.1) is 4.91 Å². The van der Waals surface area contributed by atoms with Crippen molar-refractivity contribution in [3.05, 3.63) is 74.1 Å². The lowest BCUT2D eigenvalue weighted by Gasteiger charge is -2.12. The zero-order valence-electron chi connectivity index (χ0n) is 13.0. The summed E-state index contributed by atoms with van der Waals surface area (Å²) in [6.07, 6.45) is 1.61. The molecular formula is C18H11Cl2NO2S2. The predicted octanol–water partition coefficient (Wildman–Crippen LogP) is 5.34. The van der Waals surface area contributed by atoms with Gasteiger partial charge in [0.25, 0.3) is 11.8 Å². The number of benzene rings is 2. The second-order valence-corrected chi connectivity index (χ2v) is 7.87.